The van der Waals surface area contributed by atoms with Crippen LogP contribution in [0.2, 0.25) is 0 Å². The summed E-state index contributed by atoms with van der Waals surface area (Å²) in [6, 6.07) is 0. The first-order chi connectivity index (χ1) is 7.70. The number of nitrogens with two attached hydrogens (primary N) is 1. The molecule has 16 heavy (non-hydrogen) atoms. The van der Waals surface area contributed by atoms with E-state index in [1.54, 1.807) is 7.11 Å². The Hall–Kier alpha value is -0.810. The Morgan fingerprint density at radius 2 is 2.12 bits per heavy atom. The number of hydrogen-bond acceptors (Lipinski definition) is 3. The van der Waals surface area contributed by atoms with E-state index in [1.807, 2.05) is 0 Å². The van der Waals surface area contributed by atoms with Crippen molar-refractivity contribution in [3.8, 4) is 0 Å². The van der Waals surface area contributed by atoms with Crippen molar-refractivity contribution < 1.29 is 4.74 Å². The first-order valence-electron chi connectivity index (χ1n) is 5.94. The first kappa shape index (κ1) is 15.2. The van der Waals surface area contributed by atoms with Gasteiger partial charge in [0.15, 0.2) is 0 Å². The molecule has 0 bridgehead atoms. The van der Waals surface area contributed by atoms with Crippen LogP contribution < -0.4 is 16.6 Å². The van der Waals surface area contributed by atoms with Crippen molar-refractivity contribution in [2.45, 2.75) is 33.1 Å². The molecule has 0 rings (SSSR count). The van der Waals surface area contributed by atoms with Crippen molar-refractivity contribution in [1.29, 1.82) is 0 Å². The minimum Gasteiger partial charge on any atom is -0.383 e. The van der Waals surface area contributed by atoms with Gasteiger partial charge in [0.05, 0.1) is 6.61 Å². The predicted molar refractivity (Wildman–Crippen MR) is 68.2 cm³/mol. The first-order valence-corrected chi connectivity index (χ1v) is 5.94. The van der Waals surface area contributed by atoms with Crippen molar-refractivity contribution in [2.24, 2.45) is 16.8 Å². The highest BCUT2D eigenvalue weighted by molar-refractivity contribution is 5.79. The molecule has 0 saturated carbocycles. The normalized spacial score (nSPS) is 11.9. The predicted octanol–water partition coefficient (Wildman–Crippen LogP) is 0.868. The highest BCUT2D eigenvalue weighted by atomic mass is 16.5. The maximum atomic E-state index is 5.33. The molecule has 0 fully saturated rings. The molecule has 0 heterocycles. The van der Waals surface area contributed by atoms with Gasteiger partial charge in [0.1, 0.15) is 0 Å². The molecule has 0 radical (unpaired) electrons. The maximum Gasteiger partial charge on any atom is 0.205 e. The Morgan fingerprint density at radius 1 is 1.38 bits per heavy atom. The second-order valence-electron chi connectivity index (χ2n) is 4.18. The number of methoxy groups -OCH3 is 1. The summed E-state index contributed by atoms with van der Waals surface area (Å²) in [6.07, 6.45) is 3.59. The fourth-order valence-corrected chi connectivity index (χ4v) is 1.28. The number of nitrogens with one attached hydrogen (secondary N) is 2. The van der Waals surface area contributed by atoms with Crippen LogP contribution in [-0.4, -0.2) is 32.8 Å². The number of hydrazine groups is 1. The number of unbranched alkanes of at least 4 members (excludes halogenated alkanes) is 1. The average molecular weight is 230 g/mol. The number of guanidine groups is 1. The summed E-state index contributed by atoms with van der Waals surface area (Å²) in [7, 11) is 1.67. The van der Waals surface area contributed by atoms with E-state index in [0.717, 1.165) is 18.9 Å². The summed E-state index contributed by atoms with van der Waals surface area (Å²) in [6.45, 7) is 6.65. The molecule has 0 aliphatic heterocycles. The number of aliphatic imine (C=N–C) groups is 1. The van der Waals surface area contributed by atoms with Gasteiger partial charge >= 0.3 is 0 Å². The van der Waals surface area contributed by atoms with Crippen LogP contribution in [0.1, 0.15) is 33.1 Å². The molecule has 5 heteroatoms. The number of ether oxygens (including phenoxy) is 1. The van der Waals surface area contributed by atoms with Gasteiger partial charge in [-0.2, -0.15) is 0 Å². The van der Waals surface area contributed by atoms with Crippen LogP contribution in [0.4, 0.5) is 0 Å². The fourth-order valence-electron chi connectivity index (χ4n) is 1.28. The molecule has 5 nitrogen and oxygen atoms in total. The minimum atomic E-state index is 0.640. The molecule has 0 aliphatic rings. The van der Waals surface area contributed by atoms with Gasteiger partial charge in [-0.1, -0.05) is 26.7 Å². The van der Waals surface area contributed by atoms with Crippen molar-refractivity contribution in [2.75, 3.05) is 26.8 Å². The van der Waals surface area contributed by atoms with E-state index >= 15 is 0 Å². The topological polar surface area (TPSA) is 71.7 Å². The Kier molecular flexibility index (Phi) is 10.2. The summed E-state index contributed by atoms with van der Waals surface area (Å²) in [5.74, 6) is 6.75. The SMILES string of the molecule is COCCNC(=NCCCCC(C)C)NN. The van der Waals surface area contributed by atoms with E-state index in [4.69, 9.17) is 10.6 Å². The second-order valence-corrected chi connectivity index (χ2v) is 4.18. The third-order valence-electron chi connectivity index (χ3n) is 2.19. The Labute approximate surface area is 98.8 Å². The molecule has 4 N–H and O–H groups in total. The van der Waals surface area contributed by atoms with Gasteiger partial charge in [-0.15, -0.1) is 0 Å². The average Bonchev–Trinajstić information content (AvgIpc) is 2.26. The quantitative estimate of drug-likeness (QED) is 0.190. The zero-order chi connectivity index (χ0) is 12.2. The van der Waals surface area contributed by atoms with Crippen molar-refractivity contribution in [3.05, 3.63) is 0 Å². The van der Waals surface area contributed by atoms with Gasteiger partial charge in [-0.25, -0.2) is 5.84 Å². The van der Waals surface area contributed by atoms with Gasteiger partial charge in [0.25, 0.3) is 0 Å². The Balaban J connectivity index is 3.55. The van der Waals surface area contributed by atoms with Gasteiger partial charge < -0.3 is 10.1 Å². The van der Waals surface area contributed by atoms with Crippen molar-refractivity contribution >= 4 is 5.96 Å². The smallest absolute Gasteiger partial charge is 0.205 e. The zero-order valence-electron chi connectivity index (χ0n) is 10.8. The van der Waals surface area contributed by atoms with Crippen LogP contribution in [0.15, 0.2) is 4.99 Å². The van der Waals surface area contributed by atoms with E-state index < -0.39 is 0 Å². The monoisotopic (exact) mass is 230 g/mol. The maximum absolute atomic E-state index is 5.33. The standard InChI is InChI=1S/C11H26N4O/c1-10(2)6-4-5-7-13-11(15-12)14-8-9-16-3/h10H,4-9,12H2,1-3H3,(H2,13,14,15). The molecule has 0 aromatic heterocycles. The fraction of sp³-hybridized carbons (Fsp3) is 0.909. The summed E-state index contributed by atoms with van der Waals surface area (Å²) < 4.78 is 4.92. The number of nitrogens with zero attached hydrogens (tertiary/aromatic N) is 1. The molecule has 0 amide bonds. The molecule has 96 valence electrons. The Morgan fingerprint density at radius 3 is 2.69 bits per heavy atom. The van der Waals surface area contributed by atoms with E-state index in [1.165, 1.54) is 12.8 Å². The highest BCUT2D eigenvalue weighted by Crippen LogP contribution is 2.05. The minimum absolute atomic E-state index is 0.640. The van der Waals surface area contributed by atoms with Crippen LogP contribution in [0.5, 0.6) is 0 Å². The third-order valence-corrected chi connectivity index (χ3v) is 2.19. The lowest BCUT2D eigenvalue weighted by molar-refractivity contribution is 0.203. The molecular formula is C11H26N4O. The zero-order valence-corrected chi connectivity index (χ0v) is 10.8. The van der Waals surface area contributed by atoms with Crippen LogP contribution in [0, 0.1) is 5.92 Å². The molecule has 0 aromatic carbocycles. The molecule has 0 unspecified atom stereocenters. The van der Waals surface area contributed by atoms with Crippen LogP contribution in [0.3, 0.4) is 0 Å². The molecular weight excluding hydrogens is 204 g/mol. The lowest BCUT2D eigenvalue weighted by atomic mass is 10.1. The molecule has 0 atom stereocenters. The van der Waals surface area contributed by atoms with E-state index in [2.05, 4.69) is 29.6 Å². The summed E-state index contributed by atoms with van der Waals surface area (Å²) in [4.78, 5) is 4.32. The van der Waals surface area contributed by atoms with Gasteiger partial charge in [-0.05, 0) is 12.3 Å². The van der Waals surface area contributed by atoms with E-state index in [9.17, 15) is 0 Å². The van der Waals surface area contributed by atoms with Crippen molar-refractivity contribution in [3.63, 3.8) is 0 Å². The summed E-state index contributed by atoms with van der Waals surface area (Å²) >= 11 is 0. The molecule has 0 aliphatic carbocycles. The lowest BCUT2D eigenvalue weighted by Gasteiger charge is -2.08. The number of rotatable bonds is 8. The second kappa shape index (κ2) is 10.7. The molecule has 0 saturated heterocycles. The largest absolute Gasteiger partial charge is 0.383 e. The molecule has 0 aromatic rings. The lowest BCUT2D eigenvalue weighted by Crippen LogP contribution is -2.42. The highest BCUT2D eigenvalue weighted by Gasteiger charge is 1.96. The Bertz CT molecular complexity index is 183. The van der Waals surface area contributed by atoms with E-state index in [0.29, 0.717) is 19.1 Å². The van der Waals surface area contributed by atoms with Gasteiger partial charge in [0, 0.05) is 20.2 Å². The van der Waals surface area contributed by atoms with Crippen LogP contribution in [-0.2, 0) is 4.74 Å². The summed E-state index contributed by atoms with van der Waals surface area (Å²) in [5, 5.41) is 3.06. The summed E-state index contributed by atoms with van der Waals surface area (Å²) in [5.41, 5.74) is 2.54. The molecule has 0 spiro atoms. The van der Waals surface area contributed by atoms with Crippen molar-refractivity contribution in [1.82, 2.24) is 10.7 Å². The van der Waals surface area contributed by atoms with E-state index in [-0.39, 0.29) is 0 Å². The third kappa shape index (κ3) is 9.73. The van der Waals surface area contributed by atoms with Crippen LogP contribution >= 0.6 is 0 Å². The number of hydrogen-bond donors (Lipinski definition) is 3. The van der Waals surface area contributed by atoms with Gasteiger partial charge in [0.2, 0.25) is 5.96 Å². The van der Waals surface area contributed by atoms with Gasteiger partial charge in [-0.3, -0.25) is 10.4 Å². The van der Waals surface area contributed by atoms with Crippen LogP contribution in [0.25, 0.3) is 0 Å².